The van der Waals surface area contributed by atoms with Crippen LogP contribution in [0, 0.1) is 5.92 Å². The molecule has 1 rings (SSSR count). The van der Waals surface area contributed by atoms with Crippen LogP contribution in [0.4, 0.5) is 0 Å². The van der Waals surface area contributed by atoms with E-state index >= 15 is 0 Å². The fraction of sp³-hybridized carbons (Fsp3) is 0.786. The van der Waals surface area contributed by atoms with E-state index < -0.39 is 0 Å². The van der Waals surface area contributed by atoms with Gasteiger partial charge in [-0.3, -0.25) is 4.79 Å². The van der Waals surface area contributed by atoms with Gasteiger partial charge in [0.15, 0.2) is 0 Å². The lowest BCUT2D eigenvalue weighted by Gasteiger charge is -2.20. The van der Waals surface area contributed by atoms with Crippen molar-refractivity contribution in [3.63, 3.8) is 0 Å². The maximum atomic E-state index is 11.7. The third-order valence-electron chi connectivity index (χ3n) is 3.44. The van der Waals surface area contributed by atoms with Crippen molar-refractivity contribution in [1.82, 2.24) is 10.2 Å². The maximum Gasteiger partial charge on any atom is 0.223 e. The molecule has 0 saturated heterocycles. The van der Waals surface area contributed by atoms with Crippen molar-refractivity contribution in [2.45, 2.75) is 39.5 Å². The fourth-order valence-electron chi connectivity index (χ4n) is 2.28. The molecule has 1 unspecified atom stereocenters. The number of carbonyl (C=O) groups is 1. The molecule has 0 aromatic carbocycles. The number of carbonyl (C=O) groups excluding carboxylic acids is 1. The van der Waals surface area contributed by atoms with Crippen molar-refractivity contribution in [3.8, 4) is 0 Å². The molecule has 0 aromatic rings. The van der Waals surface area contributed by atoms with E-state index in [2.05, 4.69) is 17.5 Å². The number of rotatable bonds is 7. The van der Waals surface area contributed by atoms with Gasteiger partial charge in [-0.05, 0) is 45.6 Å². The van der Waals surface area contributed by atoms with Crippen LogP contribution in [0.3, 0.4) is 0 Å². The first-order chi connectivity index (χ1) is 8.27. The van der Waals surface area contributed by atoms with Crippen LogP contribution in [0.1, 0.15) is 39.5 Å². The monoisotopic (exact) mass is 238 g/mol. The first-order valence-corrected chi connectivity index (χ1v) is 6.91. The first-order valence-electron chi connectivity index (χ1n) is 6.91. The molecule has 1 atom stereocenters. The first kappa shape index (κ1) is 14.2. The van der Waals surface area contributed by atoms with Crippen molar-refractivity contribution < 1.29 is 4.79 Å². The predicted octanol–water partition coefficient (Wildman–Crippen LogP) is 2.19. The van der Waals surface area contributed by atoms with Crippen molar-refractivity contribution >= 4 is 5.91 Å². The van der Waals surface area contributed by atoms with Gasteiger partial charge >= 0.3 is 0 Å². The summed E-state index contributed by atoms with van der Waals surface area (Å²) < 4.78 is 0. The number of allylic oxidation sites excluding steroid dienone is 2. The number of hydrogen-bond donors (Lipinski definition) is 1. The van der Waals surface area contributed by atoms with Crippen molar-refractivity contribution in [2.24, 2.45) is 5.92 Å². The Hall–Kier alpha value is -0.830. The smallest absolute Gasteiger partial charge is 0.223 e. The quantitative estimate of drug-likeness (QED) is 0.545. The Labute approximate surface area is 105 Å². The summed E-state index contributed by atoms with van der Waals surface area (Å²) in [4.78, 5) is 13.6. The zero-order chi connectivity index (χ0) is 12.5. The van der Waals surface area contributed by atoms with Crippen LogP contribution >= 0.6 is 0 Å². The zero-order valence-electron chi connectivity index (χ0n) is 11.2. The van der Waals surface area contributed by atoms with Crippen LogP contribution in [0.2, 0.25) is 0 Å². The van der Waals surface area contributed by atoms with E-state index in [9.17, 15) is 4.79 Å². The van der Waals surface area contributed by atoms with E-state index in [0.29, 0.717) is 6.42 Å². The number of nitrogens with zero attached hydrogens (tertiary/aromatic N) is 1. The minimum Gasteiger partial charge on any atom is -0.343 e. The highest BCUT2D eigenvalue weighted by Crippen LogP contribution is 2.16. The second kappa shape index (κ2) is 8.29. The predicted molar refractivity (Wildman–Crippen MR) is 71.9 cm³/mol. The van der Waals surface area contributed by atoms with E-state index in [1.54, 1.807) is 0 Å². The number of hydrogen-bond acceptors (Lipinski definition) is 2. The largest absolute Gasteiger partial charge is 0.343 e. The SMILES string of the molecule is CCN(CC)C(=O)CCNCC1CC=CCC1. The molecule has 0 heterocycles. The van der Waals surface area contributed by atoms with Crippen molar-refractivity contribution in [1.29, 1.82) is 0 Å². The van der Waals surface area contributed by atoms with Crippen LogP contribution in [0.5, 0.6) is 0 Å². The van der Waals surface area contributed by atoms with Crippen LogP contribution in [0.25, 0.3) is 0 Å². The molecular formula is C14H26N2O. The maximum absolute atomic E-state index is 11.7. The van der Waals surface area contributed by atoms with Crippen molar-refractivity contribution in [2.75, 3.05) is 26.2 Å². The molecule has 3 heteroatoms. The summed E-state index contributed by atoms with van der Waals surface area (Å²) in [6, 6.07) is 0. The lowest BCUT2D eigenvalue weighted by molar-refractivity contribution is -0.130. The van der Waals surface area contributed by atoms with Crippen LogP contribution in [-0.4, -0.2) is 37.0 Å². The lowest BCUT2D eigenvalue weighted by atomic mass is 9.94. The Bertz CT molecular complexity index is 247. The highest BCUT2D eigenvalue weighted by molar-refractivity contribution is 5.76. The molecule has 1 aliphatic rings. The summed E-state index contributed by atoms with van der Waals surface area (Å²) in [6.07, 6.45) is 8.86. The molecule has 0 radical (unpaired) electrons. The summed E-state index contributed by atoms with van der Waals surface area (Å²) in [6.45, 7) is 7.57. The minimum atomic E-state index is 0.269. The normalized spacial score (nSPS) is 19.3. The molecule has 0 fully saturated rings. The fourth-order valence-corrected chi connectivity index (χ4v) is 2.28. The number of nitrogens with one attached hydrogen (secondary N) is 1. The highest BCUT2D eigenvalue weighted by atomic mass is 16.2. The standard InChI is InChI=1S/C14H26N2O/c1-3-16(4-2)14(17)10-11-15-12-13-8-6-5-7-9-13/h5-6,13,15H,3-4,7-12H2,1-2H3. The summed E-state index contributed by atoms with van der Waals surface area (Å²) in [5.74, 6) is 1.04. The Morgan fingerprint density at radius 1 is 1.35 bits per heavy atom. The van der Waals surface area contributed by atoms with Crippen LogP contribution in [0.15, 0.2) is 12.2 Å². The van der Waals surface area contributed by atoms with Gasteiger partial charge in [-0.25, -0.2) is 0 Å². The zero-order valence-corrected chi connectivity index (χ0v) is 11.2. The van der Waals surface area contributed by atoms with Gasteiger partial charge in [0, 0.05) is 26.1 Å². The Morgan fingerprint density at radius 3 is 2.71 bits per heavy atom. The van der Waals surface area contributed by atoms with E-state index in [1.165, 1.54) is 19.3 Å². The Balaban J connectivity index is 2.07. The summed E-state index contributed by atoms with van der Waals surface area (Å²) >= 11 is 0. The number of amides is 1. The topological polar surface area (TPSA) is 32.3 Å². The third-order valence-corrected chi connectivity index (χ3v) is 3.44. The van der Waals surface area contributed by atoms with Crippen LogP contribution in [-0.2, 0) is 4.79 Å². The molecule has 1 N–H and O–H groups in total. The van der Waals surface area contributed by atoms with E-state index in [0.717, 1.165) is 32.1 Å². The second-order valence-electron chi connectivity index (χ2n) is 4.67. The van der Waals surface area contributed by atoms with E-state index in [-0.39, 0.29) is 5.91 Å². The van der Waals surface area contributed by atoms with Gasteiger partial charge in [0.05, 0.1) is 0 Å². The van der Waals surface area contributed by atoms with Crippen molar-refractivity contribution in [3.05, 3.63) is 12.2 Å². The van der Waals surface area contributed by atoms with Gasteiger partial charge in [-0.1, -0.05) is 12.2 Å². The molecular weight excluding hydrogens is 212 g/mol. The Morgan fingerprint density at radius 2 is 2.12 bits per heavy atom. The molecule has 98 valence electrons. The van der Waals surface area contributed by atoms with Gasteiger partial charge in [-0.15, -0.1) is 0 Å². The van der Waals surface area contributed by atoms with Gasteiger partial charge in [0.2, 0.25) is 5.91 Å². The second-order valence-corrected chi connectivity index (χ2v) is 4.67. The van der Waals surface area contributed by atoms with Gasteiger partial charge < -0.3 is 10.2 Å². The lowest BCUT2D eigenvalue weighted by Crippen LogP contribution is -2.34. The average Bonchev–Trinajstić information content (AvgIpc) is 2.37. The van der Waals surface area contributed by atoms with Crippen LogP contribution < -0.4 is 5.32 Å². The molecule has 17 heavy (non-hydrogen) atoms. The van der Waals surface area contributed by atoms with E-state index in [4.69, 9.17) is 0 Å². The van der Waals surface area contributed by atoms with Gasteiger partial charge in [0.1, 0.15) is 0 Å². The summed E-state index contributed by atoms with van der Waals surface area (Å²) in [5.41, 5.74) is 0. The molecule has 3 nitrogen and oxygen atoms in total. The molecule has 0 aromatic heterocycles. The highest BCUT2D eigenvalue weighted by Gasteiger charge is 2.11. The third kappa shape index (κ3) is 5.35. The minimum absolute atomic E-state index is 0.269. The summed E-state index contributed by atoms with van der Waals surface area (Å²) in [5, 5.41) is 3.41. The molecule has 1 amide bonds. The molecule has 0 aliphatic heterocycles. The molecule has 1 aliphatic carbocycles. The molecule has 0 bridgehead atoms. The average molecular weight is 238 g/mol. The molecule has 0 spiro atoms. The molecule has 0 saturated carbocycles. The van der Waals surface area contributed by atoms with Gasteiger partial charge in [0.25, 0.3) is 0 Å². The Kier molecular flexibility index (Phi) is 6.94. The van der Waals surface area contributed by atoms with Gasteiger partial charge in [-0.2, -0.15) is 0 Å². The summed E-state index contributed by atoms with van der Waals surface area (Å²) in [7, 11) is 0. The van der Waals surface area contributed by atoms with E-state index in [1.807, 2.05) is 18.7 Å².